The Balaban J connectivity index is 0.00000120. The molecule has 2 aliphatic rings. The molecule has 0 aliphatic carbocycles. The molecule has 156 valence electrons. The fourth-order valence-electron chi connectivity index (χ4n) is 5.17. The summed E-state index contributed by atoms with van der Waals surface area (Å²) in [7, 11) is 3.99. The van der Waals surface area contributed by atoms with Crippen molar-refractivity contribution in [3.63, 3.8) is 0 Å². The minimum Gasteiger partial charge on any atom is -0.497 e. The maximum Gasteiger partial charge on any atom is 0.137 e. The first-order valence-electron chi connectivity index (χ1n) is 9.70. The van der Waals surface area contributed by atoms with E-state index in [-0.39, 0.29) is 24.8 Å². The van der Waals surface area contributed by atoms with Gasteiger partial charge in [-0.2, -0.15) is 0 Å². The summed E-state index contributed by atoms with van der Waals surface area (Å²) in [6.07, 6.45) is 3.97. The molecule has 3 aromatic rings. The highest BCUT2D eigenvalue weighted by Crippen LogP contribution is 2.44. The Hall–Kier alpha value is -1.79. The molecule has 4 heterocycles. The number of H-pyrrole nitrogens is 1. The predicted molar refractivity (Wildman–Crippen MR) is 121 cm³/mol. The smallest absolute Gasteiger partial charge is 0.137 e. The molecule has 2 aromatic heterocycles. The monoisotopic (exact) mass is 434 g/mol. The van der Waals surface area contributed by atoms with Crippen LogP contribution in [-0.2, 0) is 6.54 Å². The van der Waals surface area contributed by atoms with Crippen LogP contribution in [-0.4, -0.2) is 53.6 Å². The molecule has 0 amide bonds. The van der Waals surface area contributed by atoms with E-state index in [0.29, 0.717) is 12.0 Å². The van der Waals surface area contributed by atoms with Gasteiger partial charge in [0.15, 0.2) is 0 Å². The van der Waals surface area contributed by atoms with Crippen LogP contribution in [0.5, 0.6) is 5.75 Å². The van der Waals surface area contributed by atoms with E-state index in [1.807, 2.05) is 12.3 Å². The third-order valence-corrected chi connectivity index (χ3v) is 6.36. The van der Waals surface area contributed by atoms with Gasteiger partial charge in [0.05, 0.1) is 7.11 Å². The standard InChI is InChI=1S/C22H26N4O.2ClH/c1-25-11-17-13-26(12-16-10-24-22-19(16)4-3-9-23-22)14-20(17)21(25)15-5-7-18(27-2)8-6-15;;/h3-10,17,20-21H,11-14H2,1-2H3,(H,23,24);2*1H/t17-,20+,21-;;/m0../s1. The third kappa shape index (κ3) is 3.97. The van der Waals surface area contributed by atoms with Crippen molar-refractivity contribution in [2.45, 2.75) is 12.6 Å². The molecular weight excluding hydrogens is 407 g/mol. The summed E-state index contributed by atoms with van der Waals surface area (Å²) in [5, 5.41) is 1.25. The van der Waals surface area contributed by atoms with Gasteiger partial charge in [-0.1, -0.05) is 12.1 Å². The van der Waals surface area contributed by atoms with E-state index in [1.165, 1.54) is 29.6 Å². The highest BCUT2D eigenvalue weighted by atomic mass is 35.5. The lowest BCUT2D eigenvalue weighted by atomic mass is 9.89. The molecule has 5 rings (SSSR count). The van der Waals surface area contributed by atoms with E-state index in [9.17, 15) is 0 Å². The van der Waals surface area contributed by atoms with E-state index < -0.39 is 0 Å². The van der Waals surface area contributed by atoms with Gasteiger partial charge >= 0.3 is 0 Å². The molecule has 7 heteroatoms. The van der Waals surface area contributed by atoms with E-state index in [1.54, 1.807) is 7.11 Å². The van der Waals surface area contributed by atoms with E-state index >= 15 is 0 Å². The van der Waals surface area contributed by atoms with Gasteiger partial charge < -0.3 is 9.72 Å². The number of likely N-dealkylation sites (tertiary alicyclic amines) is 2. The molecule has 2 saturated heterocycles. The first-order chi connectivity index (χ1) is 13.2. The van der Waals surface area contributed by atoms with Gasteiger partial charge in [-0.25, -0.2) is 4.98 Å². The lowest BCUT2D eigenvalue weighted by Crippen LogP contribution is -2.28. The molecule has 0 spiro atoms. The molecule has 1 aromatic carbocycles. The first-order valence-corrected chi connectivity index (χ1v) is 9.70. The summed E-state index contributed by atoms with van der Waals surface area (Å²) < 4.78 is 5.33. The number of hydrogen-bond donors (Lipinski definition) is 1. The minimum atomic E-state index is 0. The fourth-order valence-corrected chi connectivity index (χ4v) is 5.17. The van der Waals surface area contributed by atoms with Crippen LogP contribution >= 0.6 is 24.8 Å². The SMILES string of the molecule is COc1ccc([C@H]2[C@@H]3CN(Cc4c[nH]c5ncccc45)C[C@@H]3CN2C)cc1.Cl.Cl. The number of halogens is 2. The van der Waals surface area contributed by atoms with Crippen LogP contribution in [0.1, 0.15) is 17.2 Å². The number of aromatic amines is 1. The average Bonchev–Trinajstić information content (AvgIpc) is 3.35. The summed E-state index contributed by atoms with van der Waals surface area (Å²) in [5.74, 6) is 2.36. The molecule has 2 fully saturated rings. The van der Waals surface area contributed by atoms with E-state index in [0.717, 1.165) is 30.4 Å². The summed E-state index contributed by atoms with van der Waals surface area (Å²) >= 11 is 0. The van der Waals surface area contributed by atoms with Gasteiger partial charge in [0.2, 0.25) is 0 Å². The molecule has 3 atom stereocenters. The number of pyridine rings is 1. The van der Waals surface area contributed by atoms with Crippen LogP contribution in [0.25, 0.3) is 11.0 Å². The molecule has 0 saturated carbocycles. The van der Waals surface area contributed by atoms with Crippen molar-refractivity contribution in [2.75, 3.05) is 33.8 Å². The third-order valence-electron chi connectivity index (χ3n) is 6.36. The largest absolute Gasteiger partial charge is 0.497 e. The van der Waals surface area contributed by atoms with Crippen molar-refractivity contribution in [3.05, 3.63) is 59.9 Å². The van der Waals surface area contributed by atoms with Crippen LogP contribution in [0, 0.1) is 11.8 Å². The number of rotatable bonds is 4. The number of ether oxygens (including phenoxy) is 1. The lowest BCUT2D eigenvalue weighted by molar-refractivity contribution is 0.225. The zero-order valence-electron chi connectivity index (χ0n) is 16.7. The maximum atomic E-state index is 5.33. The van der Waals surface area contributed by atoms with Crippen LogP contribution in [0.15, 0.2) is 48.8 Å². The summed E-state index contributed by atoms with van der Waals surface area (Å²) in [4.78, 5) is 12.9. The summed E-state index contributed by atoms with van der Waals surface area (Å²) in [5.41, 5.74) is 3.75. The van der Waals surface area contributed by atoms with E-state index in [2.05, 4.69) is 63.3 Å². The highest BCUT2D eigenvalue weighted by Gasteiger charge is 2.45. The molecule has 29 heavy (non-hydrogen) atoms. The molecule has 1 N–H and O–H groups in total. The lowest BCUT2D eigenvalue weighted by Gasteiger charge is -2.27. The Bertz CT molecular complexity index is 945. The molecule has 5 nitrogen and oxygen atoms in total. The van der Waals surface area contributed by atoms with Gasteiger partial charge in [-0.3, -0.25) is 9.80 Å². The van der Waals surface area contributed by atoms with Crippen LogP contribution < -0.4 is 4.74 Å². The Labute approximate surface area is 184 Å². The van der Waals surface area contributed by atoms with Gasteiger partial charge in [0.25, 0.3) is 0 Å². The van der Waals surface area contributed by atoms with Crippen molar-refractivity contribution >= 4 is 35.8 Å². The van der Waals surface area contributed by atoms with Crippen molar-refractivity contribution in [1.82, 2.24) is 19.8 Å². The predicted octanol–water partition coefficient (Wildman–Crippen LogP) is 4.15. The van der Waals surface area contributed by atoms with E-state index in [4.69, 9.17) is 4.74 Å². The number of benzene rings is 1. The van der Waals surface area contributed by atoms with Crippen molar-refractivity contribution in [3.8, 4) is 5.75 Å². The molecular formula is C22H28Cl2N4O. The number of nitrogens with one attached hydrogen (secondary N) is 1. The number of hydrogen-bond acceptors (Lipinski definition) is 4. The topological polar surface area (TPSA) is 44.4 Å². The Morgan fingerprint density at radius 3 is 2.66 bits per heavy atom. The zero-order chi connectivity index (χ0) is 18.4. The van der Waals surface area contributed by atoms with Gasteiger partial charge in [-0.05, 0) is 54.3 Å². The average molecular weight is 435 g/mol. The second-order valence-corrected chi connectivity index (χ2v) is 7.99. The summed E-state index contributed by atoms with van der Waals surface area (Å²) in [6.45, 7) is 4.50. The number of nitrogens with zero attached hydrogens (tertiary/aromatic N) is 3. The Kier molecular flexibility index (Phi) is 6.74. The molecule has 0 unspecified atom stereocenters. The molecule has 0 bridgehead atoms. The van der Waals surface area contributed by atoms with Crippen LogP contribution in [0.2, 0.25) is 0 Å². The van der Waals surface area contributed by atoms with Crippen molar-refractivity contribution in [1.29, 1.82) is 0 Å². The van der Waals surface area contributed by atoms with Crippen molar-refractivity contribution in [2.24, 2.45) is 11.8 Å². The fraction of sp³-hybridized carbons (Fsp3) is 0.409. The van der Waals surface area contributed by atoms with Gasteiger partial charge in [-0.15, -0.1) is 24.8 Å². The Morgan fingerprint density at radius 1 is 1.10 bits per heavy atom. The second-order valence-electron chi connectivity index (χ2n) is 7.99. The molecule has 2 aliphatic heterocycles. The Morgan fingerprint density at radius 2 is 1.90 bits per heavy atom. The number of methoxy groups -OCH3 is 1. The van der Waals surface area contributed by atoms with Gasteiger partial charge in [0.1, 0.15) is 11.4 Å². The quantitative estimate of drug-likeness (QED) is 0.669. The normalized spacial score (nSPS) is 24.1. The summed E-state index contributed by atoms with van der Waals surface area (Å²) in [6, 6.07) is 13.3. The van der Waals surface area contributed by atoms with Crippen molar-refractivity contribution < 1.29 is 4.74 Å². The minimum absolute atomic E-state index is 0. The van der Waals surface area contributed by atoms with Crippen LogP contribution in [0.4, 0.5) is 0 Å². The van der Waals surface area contributed by atoms with Crippen LogP contribution in [0.3, 0.4) is 0 Å². The number of aromatic nitrogens is 2. The highest BCUT2D eigenvalue weighted by molar-refractivity contribution is 5.85. The zero-order valence-corrected chi connectivity index (χ0v) is 18.4. The molecule has 0 radical (unpaired) electrons. The maximum absolute atomic E-state index is 5.33. The second kappa shape index (κ2) is 8.92. The number of fused-ring (bicyclic) bond motifs is 2. The first kappa shape index (κ1) is 21.9. The van der Waals surface area contributed by atoms with Gasteiger partial charge in [0, 0.05) is 50.0 Å².